The van der Waals surface area contributed by atoms with Crippen LogP contribution in [-0.4, -0.2) is 50.3 Å². The highest BCUT2D eigenvalue weighted by Gasteiger charge is 2.13. The summed E-state index contributed by atoms with van der Waals surface area (Å²) < 4.78 is 26.4. The predicted octanol–water partition coefficient (Wildman–Crippen LogP) is 6.06. The predicted molar refractivity (Wildman–Crippen MR) is 164 cm³/mol. The fourth-order valence-corrected chi connectivity index (χ4v) is 4.07. The summed E-state index contributed by atoms with van der Waals surface area (Å²) in [6.45, 7) is 4.23. The second-order valence-electron chi connectivity index (χ2n) is 10.1. The second-order valence-corrected chi connectivity index (χ2v) is 10.1. The standard InChI is InChI=1S/C35H37NO9/c1-3-26(24-44-25(2)37)19-22-43-34(39)18-17-33(38)42-21-4-20-41-31-13-11-30(12-14-31)35(40)45-32-15-9-29(10-16-32)28-7-5-27(23-36)6-8-28/h5-16,26H,3-4,17-22,24H2,1-2H3. The van der Waals surface area contributed by atoms with Crippen molar-refractivity contribution in [3.8, 4) is 28.7 Å². The van der Waals surface area contributed by atoms with E-state index in [-0.39, 0.29) is 44.5 Å². The Labute approximate surface area is 262 Å². The molecule has 3 rings (SSSR count). The Balaban J connectivity index is 1.28. The zero-order valence-electron chi connectivity index (χ0n) is 25.5. The fourth-order valence-electron chi connectivity index (χ4n) is 4.07. The molecule has 45 heavy (non-hydrogen) atoms. The quantitative estimate of drug-likeness (QED) is 0.0762. The van der Waals surface area contributed by atoms with Crippen molar-refractivity contribution in [2.45, 2.75) is 46.0 Å². The minimum atomic E-state index is -0.507. The van der Waals surface area contributed by atoms with Crippen molar-refractivity contribution in [1.29, 1.82) is 5.26 Å². The molecule has 0 aromatic heterocycles. The first-order valence-corrected chi connectivity index (χ1v) is 14.8. The van der Waals surface area contributed by atoms with E-state index in [0.717, 1.165) is 17.5 Å². The molecule has 10 heteroatoms. The van der Waals surface area contributed by atoms with E-state index < -0.39 is 17.9 Å². The van der Waals surface area contributed by atoms with E-state index in [1.165, 1.54) is 6.92 Å². The van der Waals surface area contributed by atoms with E-state index >= 15 is 0 Å². The second kappa shape index (κ2) is 18.5. The van der Waals surface area contributed by atoms with E-state index in [1.54, 1.807) is 48.5 Å². The average Bonchev–Trinajstić information content (AvgIpc) is 3.05. The lowest BCUT2D eigenvalue weighted by Crippen LogP contribution is -2.16. The highest BCUT2D eigenvalue weighted by atomic mass is 16.5. The van der Waals surface area contributed by atoms with Crippen molar-refractivity contribution in [3.63, 3.8) is 0 Å². The molecule has 10 nitrogen and oxygen atoms in total. The molecule has 0 heterocycles. The molecule has 0 N–H and O–H groups in total. The van der Waals surface area contributed by atoms with Crippen molar-refractivity contribution < 1.29 is 42.9 Å². The number of nitrogens with zero attached hydrogens (tertiary/aromatic N) is 1. The van der Waals surface area contributed by atoms with E-state index in [2.05, 4.69) is 6.07 Å². The zero-order valence-corrected chi connectivity index (χ0v) is 25.5. The Hall–Kier alpha value is -5.17. The number of ether oxygens (including phenoxy) is 5. The zero-order chi connectivity index (χ0) is 32.4. The van der Waals surface area contributed by atoms with Crippen molar-refractivity contribution in [2.24, 2.45) is 5.92 Å². The first-order chi connectivity index (χ1) is 21.8. The molecular weight excluding hydrogens is 578 g/mol. The number of esters is 4. The summed E-state index contributed by atoms with van der Waals surface area (Å²) in [4.78, 5) is 47.3. The van der Waals surface area contributed by atoms with E-state index in [4.69, 9.17) is 28.9 Å². The lowest BCUT2D eigenvalue weighted by Gasteiger charge is -2.14. The molecule has 0 fully saturated rings. The fraction of sp³-hybridized carbons (Fsp3) is 0.343. The van der Waals surface area contributed by atoms with Gasteiger partial charge < -0.3 is 23.7 Å². The van der Waals surface area contributed by atoms with E-state index in [9.17, 15) is 19.2 Å². The molecule has 0 aliphatic heterocycles. The highest BCUT2D eigenvalue weighted by molar-refractivity contribution is 5.91. The Morgan fingerprint density at radius 1 is 0.733 bits per heavy atom. The van der Waals surface area contributed by atoms with Gasteiger partial charge in [-0.25, -0.2) is 4.79 Å². The van der Waals surface area contributed by atoms with Gasteiger partial charge in [-0.05, 0) is 78.4 Å². The molecule has 0 aliphatic carbocycles. The first-order valence-electron chi connectivity index (χ1n) is 14.8. The number of hydrogen-bond acceptors (Lipinski definition) is 10. The van der Waals surface area contributed by atoms with Gasteiger partial charge in [0, 0.05) is 13.3 Å². The maximum absolute atomic E-state index is 12.6. The summed E-state index contributed by atoms with van der Waals surface area (Å²) in [6, 6.07) is 22.9. The third-order valence-electron chi connectivity index (χ3n) is 6.74. The van der Waals surface area contributed by atoms with Crippen LogP contribution < -0.4 is 9.47 Å². The monoisotopic (exact) mass is 615 g/mol. The van der Waals surface area contributed by atoms with Gasteiger partial charge in [-0.2, -0.15) is 5.26 Å². The lowest BCUT2D eigenvalue weighted by atomic mass is 10.0. The van der Waals surface area contributed by atoms with Crippen LogP contribution in [0.15, 0.2) is 72.8 Å². The van der Waals surface area contributed by atoms with Crippen molar-refractivity contribution in [3.05, 3.63) is 83.9 Å². The summed E-state index contributed by atoms with van der Waals surface area (Å²) in [6.07, 6.45) is 1.65. The van der Waals surface area contributed by atoms with Crippen LogP contribution in [-0.2, 0) is 28.6 Å². The van der Waals surface area contributed by atoms with Crippen LogP contribution in [0.4, 0.5) is 0 Å². The first kappa shape index (κ1) is 34.3. The third-order valence-corrected chi connectivity index (χ3v) is 6.74. The molecule has 0 saturated heterocycles. The number of carbonyl (C=O) groups excluding carboxylic acids is 4. The maximum Gasteiger partial charge on any atom is 0.343 e. The van der Waals surface area contributed by atoms with Crippen molar-refractivity contribution in [2.75, 3.05) is 26.4 Å². The van der Waals surface area contributed by atoms with Gasteiger partial charge in [0.2, 0.25) is 0 Å². The summed E-state index contributed by atoms with van der Waals surface area (Å²) >= 11 is 0. The Bertz CT molecular complexity index is 1440. The molecule has 1 unspecified atom stereocenters. The number of benzene rings is 3. The Kier molecular flexibility index (Phi) is 14.1. The molecule has 0 spiro atoms. The van der Waals surface area contributed by atoms with Crippen LogP contribution >= 0.6 is 0 Å². The van der Waals surface area contributed by atoms with Crippen LogP contribution in [0.25, 0.3) is 11.1 Å². The van der Waals surface area contributed by atoms with Crippen LogP contribution in [0, 0.1) is 17.2 Å². The molecule has 0 amide bonds. The Morgan fingerprint density at radius 3 is 1.89 bits per heavy atom. The van der Waals surface area contributed by atoms with Crippen LogP contribution in [0.2, 0.25) is 0 Å². The van der Waals surface area contributed by atoms with Gasteiger partial charge in [-0.3, -0.25) is 14.4 Å². The third kappa shape index (κ3) is 12.5. The molecule has 3 aromatic carbocycles. The number of carbonyl (C=O) groups is 4. The summed E-state index contributed by atoms with van der Waals surface area (Å²) in [5.74, 6) is -0.769. The lowest BCUT2D eigenvalue weighted by molar-refractivity contribution is -0.151. The molecule has 0 aliphatic rings. The number of nitriles is 1. The number of hydrogen-bond donors (Lipinski definition) is 0. The van der Waals surface area contributed by atoms with Gasteiger partial charge in [-0.1, -0.05) is 31.2 Å². The van der Waals surface area contributed by atoms with E-state index in [0.29, 0.717) is 42.1 Å². The summed E-state index contributed by atoms with van der Waals surface area (Å²) in [5, 5.41) is 8.94. The Morgan fingerprint density at radius 2 is 1.31 bits per heavy atom. The molecular formula is C35H37NO9. The average molecular weight is 616 g/mol. The largest absolute Gasteiger partial charge is 0.493 e. The molecule has 236 valence electrons. The van der Waals surface area contributed by atoms with Crippen LogP contribution in [0.5, 0.6) is 11.5 Å². The van der Waals surface area contributed by atoms with Gasteiger partial charge in [-0.15, -0.1) is 0 Å². The molecule has 0 bridgehead atoms. The molecule has 0 radical (unpaired) electrons. The summed E-state index contributed by atoms with van der Waals surface area (Å²) in [5.41, 5.74) is 2.83. The van der Waals surface area contributed by atoms with Gasteiger partial charge in [0.1, 0.15) is 11.5 Å². The summed E-state index contributed by atoms with van der Waals surface area (Å²) in [7, 11) is 0. The normalized spacial score (nSPS) is 11.0. The highest BCUT2D eigenvalue weighted by Crippen LogP contribution is 2.24. The SMILES string of the molecule is CCC(CCOC(=O)CCC(=O)OCCCOc1ccc(C(=O)Oc2ccc(-c3ccc(C#N)cc3)cc2)cc1)COC(C)=O. The van der Waals surface area contributed by atoms with Crippen LogP contribution in [0.1, 0.15) is 61.9 Å². The van der Waals surface area contributed by atoms with Crippen LogP contribution in [0.3, 0.4) is 0 Å². The molecule has 3 aromatic rings. The minimum absolute atomic E-state index is 0.0746. The van der Waals surface area contributed by atoms with Gasteiger partial charge in [0.25, 0.3) is 0 Å². The topological polar surface area (TPSA) is 138 Å². The van der Waals surface area contributed by atoms with Gasteiger partial charge in [0.15, 0.2) is 0 Å². The minimum Gasteiger partial charge on any atom is -0.493 e. The van der Waals surface area contributed by atoms with Crippen molar-refractivity contribution >= 4 is 23.9 Å². The van der Waals surface area contributed by atoms with Gasteiger partial charge >= 0.3 is 23.9 Å². The molecule has 0 saturated carbocycles. The smallest absolute Gasteiger partial charge is 0.343 e. The maximum atomic E-state index is 12.6. The number of rotatable bonds is 17. The van der Waals surface area contributed by atoms with E-state index in [1.807, 2.05) is 31.2 Å². The van der Waals surface area contributed by atoms with Crippen molar-refractivity contribution in [1.82, 2.24) is 0 Å². The van der Waals surface area contributed by atoms with Gasteiger partial charge in [0.05, 0.1) is 56.5 Å². The molecule has 1 atom stereocenters.